The first-order valence-electron chi connectivity index (χ1n) is 5.67. The summed E-state index contributed by atoms with van der Waals surface area (Å²) in [5.74, 6) is -0.322. The van der Waals surface area contributed by atoms with Crippen LogP contribution in [0.2, 0.25) is 0 Å². The van der Waals surface area contributed by atoms with Crippen LogP contribution < -0.4 is 4.74 Å². The van der Waals surface area contributed by atoms with Crippen LogP contribution in [0.1, 0.15) is 16.7 Å². The molecule has 0 N–H and O–H groups in total. The minimum Gasteiger partial charge on any atom is -0.489 e. The van der Waals surface area contributed by atoms with Gasteiger partial charge in [-0.25, -0.2) is 8.78 Å². The lowest BCUT2D eigenvalue weighted by molar-refractivity contribution is 0.299. The van der Waals surface area contributed by atoms with E-state index < -0.39 is 5.82 Å². The number of ether oxygens (including phenoxy) is 1. The van der Waals surface area contributed by atoms with Gasteiger partial charge in [0.25, 0.3) is 0 Å². The first kappa shape index (κ1) is 13.0. The molecule has 19 heavy (non-hydrogen) atoms. The van der Waals surface area contributed by atoms with E-state index in [2.05, 4.69) is 0 Å². The van der Waals surface area contributed by atoms with Gasteiger partial charge in [0.2, 0.25) is 0 Å². The molecule has 0 radical (unpaired) electrons. The molecule has 0 aromatic heterocycles. The topological polar surface area (TPSA) is 33.0 Å². The van der Waals surface area contributed by atoms with Crippen molar-refractivity contribution in [1.82, 2.24) is 0 Å². The molecule has 2 nitrogen and oxygen atoms in total. The van der Waals surface area contributed by atoms with Gasteiger partial charge < -0.3 is 4.74 Å². The molecule has 0 spiro atoms. The Kier molecular flexibility index (Phi) is 3.76. The second kappa shape index (κ2) is 5.49. The zero-order valence-electron chi connectivity index (χ0n) is 10.3. The lowest BCUT2D eigenvalue weighted by Crippen LogP contribution is -1.99. The lowest BCUT2D eigenvalue weighted by atomic mass is 10.1. The van der Waals surface area contributed by atoms with E-state index >= 15 is 0 Å². The van der Waals surface area contributed by atoms with Gasteiger partial charge in [-0.15, -0.1) is 0 Å². The Morgan fingerprint density at radius 1 is 1.11 bits per heavy atom. The van der Waals surface area contributed by atoms with E-state index in [1.54, 1.807) is 13.0 Å². The fourth-order valence-electron chi connectivity index (χ4n) is 1.60. The molecule has 96 valence electrons. The first-order chi connectivity index (χ1) is 9.10. The van der Waals surface area contributed by atoms with E-state index in [0.717, 1.165) is 6.07 Å². The van der Waals surface area contributed by atoms with Gasteiger partial charge in [0.1, 0.15) is 24.0 Å². The zero-order chi connectivity index (χ0) is 13.8. The summed E-state index contributed by atoms with van der Waals surface area (Å²) in [5.41, 5.74) is 1.08. The molecule has 0 bridgehead atoms. The minimum atomic E-state index is -0.488. The molecule has 2 aromatic carbocycles. The molecule has 0 amide bonds. The standard InChI is InChI=1S/C15H11F2NO/c1-10-6-13(4-5-14(10)16)19-9-12-3-2-11(8-18)7-15(12)17/h2-7H,9H2,1H3. The zero-order valence-corrected chi connectivity index (χ0v) is 10.3. The van der Waals surface area contributed by atoms with Crippen molar-refractivity contribution in [3.63, 3.8) is 0 Å². The summed E-state index contributed by atoms with van der Waals surface area (Å²) in [6.07, 6.45) is 0. The third kappa shape index (κ3) is 3.08. The van der Waals surface area contributed by atoms with E-state index in [1.165, 1.54) is 24.3 Å². The van der Waals surface area contributed by atoms with Crippen LogP contribution in [0.3, 0.4) is 0 Å². The predicted molar refractivity (Wildman–Crippen MR) is 66.6 cm³/mol. The lowest BCUT2D eigenvalue weighted by Gasteiger charge is -2.08. The highest BCUT2D eigenvalue weighted by Gasteiger charge is 2.05. The van der Waals surface area contributed by atoms with Crippen LogP contribution >= 0.6 is 0 Å². The maximum absolute atomic E-state index is 13.6. The number of benzene rings is 2. The SMILES string of the molecule is Cc1cc(OCc2ccc(C#N)cc2F)ccc1F. The molecule has 0 aliphatic carbocycles. The fraction of sp³-hybridized carbons (Fsp3) is 0.133. The van der Waals surface area contributed by atoms with Crippen molar-refractivity contribution in [3.05, 3.63) is 64.7 Å². The summed E-state index contributed by atoms with van der Waals surface area (Å²) in [5, 5.41) is 8.63. The van der Waals surface area contributed by atoms with E-state index in [0.29, 0.717) is 16.9 Å². The van der Waals surface area contributed by atoms with E-state index in [1.807, 2.05) is 6.07 Å². The molecule has 0 aliphatic rings. The van der Waals surface area contributed by atoms with Crippen LogP contribution in [0.5, 0.6) is 5.75 Å². The first-order valence-corrected chi connectivity index (χ1v) is 5.67. The second-order valence-corrected chi connectivity index (χ2v) is 4.12. The molecule has 0 aliphatic heterocycles. The van der Waals surface area contributed by atoms with Gasteiger partial charge in [-0.3, -0.25) is 0 Å². The maximum Gasteiger partial charge on any atom is 0.131 e. The summed E-state index contributed by atoms with van der Waals surface area (Å²) in [6, 6.07) is 10.4. The largest absolute Gasteiger partial charge is 0.489 e. The number of rotatable bonds is 3. The Balaban J connectivity index is 2.10. The Morgan fingerprint density at radius 3 is 2.53 bits per heavy atom. The van der Waals surface area contributed by atoms with Crippen LogP contribution in [-0.4, -0.2) is 0 Å². The van der Waals surface area contributed by atoms with Gasteiger partial charge in [-0.1, -0.05) is 6.07 Å². The number of nitriles is 1. The number of aryl methyl sites for hydroxylation is 1. The van der Waals surface area contributed by atoms with Gasteiger partial charge in [0.15, 0.2) is 0 Å². The average Bonchev–Trinajstić information content (AvgIpc) is 2.41. The van der Waals surface area contributed by atoms with Crippen LogP contribution in [0, 0.1) is 29.9 Å². The van der Waals surface area contributed by atoms with Gasteiger partial charge in [0.05, 0.1) is 11.6 Å². The molecular weight excluding hydrogens is 248 g/mol. The summed E-state index contributed by atoms with van der Waals surface area (Å²) in [6.45, 7) is 1.66. The van der Waals surface area contributed by atoms with Crippen molar-refractivity contribution < 1.29 is 13.5 Å². The molecule has 0 saturated carbocycles. The van der Waals surface area contributed by atoms with Crippen LogP contribution in [-0.2, 0) is 6.61 Å². The minimum absolute atomic E-state index is 0.0304. The normalized spacial score (nSPS) is 10.0. The van der Waals surface area contributed by atoms with Crippen molar-refractivity contribution in [2.24, 2.45) is 0 Å². The van der Waals surface area contributed by atoms with Gasteiger partial charge in [0, 0.05) is 5.56 Å². The molecule has 0 heterocycles. The van der Waals surface area contributed by atoms with Crippen LogP contribution in [0.4, 0.5) is 8.78 Å². The van der Waals surface area contributed by atoms with Crippen LogP contribution in [0.25, 0.3) is 0 Å². The van der Waals surface area contributed by atoms with Gasteiger partial charge in [-0.05, 0) is 42.8 Å². The number of hydrogen-bond acceptors (Lipinski definition) is 2. The number of halogens is 2. The molecule has 0 fully saturated rings. The second-order valence-electron chi connectivity index (χ2n) is 4.12. The monoisotopic (exact) mass is 259 g/mol. The Labute approximate surface area is 109 Å². The molecule has 0 atom stereocenters. The smallest absolute Gasteiger partial charge is 0.131 e. The van der Waals surface area contributed by atoms with E-state index in [9.17, 15) is 8.78 Å². The highest BCUT2D eigenvalue weighted by molar-refractivity contribution is 5.33. The third-order valence-corrected chi connectivity index (χ3v) is 2.71. The molecule has 0 saturated heterocycles. The van der Waals surface area contributed by atoms with Crippen molar-refractivity contribution >= 4 is 0 Å². The quantitative estimate of drug-likeness (QED) is 0.841. The summed E-state index contributed by atoms with van der Waals surface area (Å²) >= 11 is 0. The number of nitrogens with zero attached hydrogens (tertiary/aromatic N) is 1. The van der Waals surface area contributed by atoms with E-state index in [4.69, 9.17) is 10.00 Å². The summed E-state index contributed by atoms with van der Waals surface area (Å²) in [7, 11) is 0. The van der Waals surface area contributed by atoms with E-state index in [-0.39, 0.29) is 18.0 Å². The predicted octanol–water partition coefficient (Wildman–Crippen LogP) is 3.72. The molecule has 0 unspecified atom stereocenters. The van der Waals surface area contributed by atoms with Crippen molar-refractivity contribution in [3.8, 4) is 11.8 Å². The highest BCUT2D eigenvalue weighted by Crippen LogP contribution is 2.18. The average molecular weight is 259 g/mol. The molecular formula is C15H11F2NO. The Morgan fingerprint density at radius 2 is 1.89 bits per heavy atom. The van der Waals surface area contributed by atoms with Crippen molar-refractivity contribution in [2.45, 2.75) is 13.5 Å². The van der Waals surface area contributed by atoms with Crippen molar-refractivity contribution in [2.75, 3.05) is 0 Å². The summed E-state index contributed by atoms with van der Waals surface area (Å²) in [4.78, 5) is 0. The fourth-order valence-corrected chi connectivity index (χ4v) is 1.60. The van der Waals surface area contributed by atoms with Crippen molar-refractivity contribution in [1.29, 1.82) is 5.26 Å². The molecule has 2 aromatic rings. The van der Waals surface area contributed by atoms with Crippen LogP contribution in [0.15, 0.2) is 36.4 Å². The Hall–Kier alpha value is -2.41. The molecule has 4 heteroatoms. The maximum atomic E-state index is 13.6. The molecule has 2 rings (SSSR count). The highest BCUT2D eigenvalue weighted by atomic mass is 19.1. The van der Waals surface area contributed by atoms with Gasteiger partial charge >= 0.3 is 0 Å². The Bertz CT molecular complexity index is 647. The summed E-state index contributed by atoms with van der Waals surface area (Å²) < 4.78 is 32.0. The third-order valence-electron chi connectivity index (χ3n) is 2.71. The van der Waals surface area contributed by atoms with Gasteiger partial charge in [-0.2, -0.15) is 5.26 Å². The number of hydrogen-bond donors (Lipinski definition) is 0.